The Bertz CT molecular complexity index is 335. The van der Waals surface area contributed by atoms with Crippen LogP contribution in [0.25, 0.3) is 0 Å². The number of halogens is 6. The van der Waals surface area contributed by atoms with Crippen LogP contribution in [0.3, 0.4) is 0 Å². The molecule has 1 saturated carbocycles. The van der Waals surface area contributed by atoms with Crippen molar-refractivity contribution in [3.63, 3.8) is 0 Å². The topological polar surface area (TPSA) is 118 Å². The maximum absolute atomic E-state index is 10.6. The van der Waals surface area contributed by atoms with Crippen molar-refractivity contribution in [2.75, 3.05) is 0 Å². The Morgan fingerprint density at radius 1 is 0.850 bits per heavy atom. The van der Waals surface area contributed by atoms with Gasteiger partial charge in [-0.05, 0) is 12.8 Å². The molecular weight excluding hydrogens is 304 g/mol. The van der Waals surface area contributed by atoms with Crippen molar-refractivity contribution in [1.29, 1.82) is 0 Å². The van der Waals surface area contributed by atoms with Crippen molar-refractivity contribution in [1.82, 2.24) is 0 Å². The van der Waals surface area contributed by atoms with Gasteiger partial charge in [0.2, 0.25) is 5.91 Å². The molecule has 1 amide bonds. The molecular formula is C8H9F6NO5. The summed E-state index contributed by atoms with van der Waals surface area (Å²) in [7, 11) is 0. The zero-order valence-corrected chi connectivity index (χ0v) is 9.46. The third-order valence-corrected chi connectivity index (χ3v) is 1.46. The number of carboxylic acid groups (broad SMARTS) is 2. The van der Waals surface area contributed by atoms with E-state index in [1.165, 1.54) is 0 Å². The van der Waals surface area contributed by atoms with Gasteiger partial charge in [-0.15, -0.1) is 0 Å². The van der Waals surface area contributed by atoms with Gasteiger partial charge in [0.05, 0.1) is 0 Å². The zero-order valence-electron chi connectivity index (χ0n) is 9.46. The normalized spacial score (nSPS) is 14.1. The van der Waals surface area contributed by atoms with Crippen molar-refractivity contribution in [3.05, 3.63) is 0 Å². The number of primary amides is 1. The Morgan fingerprint density at radius 2 is 1.05 bits per heavy atom. The van der Waals surface area contributed by atoms with Gasteiger partial charge in [-0.2, -0.15) is 26.3 Å². The van der Waals surface area contributed by atoms with E-state index in [0.717, 1.165) is 12.8 Å². The van der Waals surface area contributed by atoms with E-state index in [4.69, 9.17) is 25.5 Å². The first kappa shape index (κ1) is 20.3. The summed E-state index contributed by atoms with van der Waals surface area (Å²) in [6.07, 6.45) is -8.12. The zero-order chi connectivity index (χ0) is 16.7. The number of carboxylic acids is 2. The van der Waals surface area contributed by atoms with E-state index in [-0.39, 0.29) is 11.8 Å². The van der Waals surface area contributed by atoms with Gasteiger partial charge in [0.1, 0.15) is 0 Å². The molecule has 0 aromatic carbocycles. The molecule has 6 nitrogen and oxygen atoms in total. The highest BCUT2D eigenvalue weighted by Crippen LogP contribution is 2.27. The lowest BCUT2D eigenvalue weighted by Gasteiger charge is -1.93. The highest BCUT2D eigenvalue weighted by molar-refractivity contribution is 5.78. The molecule has 0 aromatic rings. The molecule has 0 saturated heterocycles. The van der Waals surface area contributed by atoms with E-state index in [2.05, 4.69) is 0 Å². The number of amides is 1. The molecule has 0 radical (unpaired) electrons. The van der Waals surface area contributed by atoms with Crippen LogP contribution in [0, 0.1) is 5.92 Å². The van der Waals surface area contributed by atoms with Crippen molar-refractivity contribution in [2.24, 2.45) is 11.7 Å². The first-order valence-electron chi connectivity index (χ1n) is 4.59. The van der Waals surface area contributed by atoms with E-state index in [0.29, 0.717) is 0 Å². The fourth-order valence-electron chi connectivity index (χ4n) is 0.368. The highest BCUT2D eigenvalue weighted by atomic mass is 19.4. The number of carbonyl (C=O) groups excluding carboxylic acids is 1. The van der Waals surface area contributed by atoms with Crippen LogP contribution in [0.15, 0.2) is 0 Å². The molecule has 0 aliphatic heterocycles. The number of carbonyl (C=O) groups is 3. The van der Waals surface area contributed by atoms with Crippen LogP contribution in [-0.2, 0) is 14.4 Å². The van der Waals surface area contributed by atoms with Gasteiger partial charge in [-0.25, -0.2) is 9.59 Å². The largest absolute Gasteiger partial charge is 0.490 e. The minimum Gasteiger partial charge on any atom is -0.475 e. The van der Waals surface area contributed by atoms with Gasteiger partial charge in [0.25, 0.3) is 0 Å². The molecule has 1 rings (SSSR count). The van der Waals surface area contributed by atoms with Crippen LogP contribution in [0.4, 0.5) is 26.3 Å². The van der Waals surface area contributed by atoms with E-state index in [1.54, 1.807) is 0 Å². The Morgan fingerprint density at radius 3 is 1.05 bits per heavy atom. The summed E-state index contributed by atoms with van der Waals surface area (Å²) in [6, 6.07) is 0. The second kappa shape index (κ2) is 7.55. The molecule has 20 heavy (non-hydrogen) atoms. The Kier molecular flexibility index (Phi) is 7.67. The molecule has 0 bridgehead atoms. The van der Waals surface area contributed by atoms with Crippen molar-refractivity contribution >= 4 is 17.8 Å². The molecule has 118 valence electrons. The van der Waals surface area contributed by atoms with E-state index < -0.39 is 24.3 Å². The molecule has 0 heterocycles. The van der Waals surface area contributed by atoms with Crippen molar-refractivity contribution < 1.29 is 50.9 Å². The second-order valence-electron chi connectivity index (χ2n) is 3.28. The third kappa shape index (κ3) is 12.4. The van der Waals surface area contributed by atoms with Gasteiger partial charge < -0.3 is 15.9 Å². The van der Waals surface area contributed by atoms with Gasteiger partial charge in [-0.3, -0.25) is 4.79 Å². The predicted octanol–water partition coefficient (Wildman–Crippen LogP) is 1.15. The smallest absolute Gasteiger partial charge is 0.475 e. The number of nitrogens with two attached hydrogens (primary N) is 1. The molecule has 0 aromatic heterocycles. The average molecular weight is 313 g/mol. The van der Waals surface area contributed by atoms with Gasteiger partial charge in [0.15, 0.2) is 0 Å². The quantitative estimate of drug-likeness (QED) is 0.628. The Hall–Kier alpha value is -2.01. The molecule has 1 aliphatic rings. The standard InChI is InChI=1S/C4H7NO.2C2HF3O2/c5-4(6)3-1-2-3;2*3-2(4,5)1(6)7/h3H,1-2H2,(H2,5,6);2*(H,6,7). The maximum atomic E-state index is 10.6. The van der Waals surface area contributed by atoms with Crippen molar-refractivity contribution in [2.45, 2.75) is 25.2 Å². The lowest BCUT2D eigenvalue weighted by molar-refractivity contribution is -0.193. The minimum atomic E-state index is -5.08. The molecule has 0 atom stereocenters. The summed E-state index contributed by atoms with van der Waals surface area (Å²) in [5.41, 5.74) is 4.86. The summed E-state index contributed by atoms with van der Waals surface area (Å²) in [6.45, 7) is 0. The fraction of sp³-hybridized carbons (Fsp3) is 0.625. The highest BCUT2D eigenvalue weighted by Gasteiger charge is 2.38. The minimum absolute atomic E-state index is 0.130. The van der Waals surface area contributed by atoms with Crippen LogP contribution in [0.5, 0.6) is 0 Å². The Balaban J connectivity index is 0. The number of aliphatic carboxylic acids is 2. The number of alkyl halides is 6. The van der Waals surface area contributed by atoms with Gasteiger partial charge in [-0.1, -0.05) is 0 Å². The summed E-state index contributed by atoms with van der Waals surface area (Å²) in [4.78, 5) is 27.8. The van der Waals surface area contributed by atoms with E-state index >= 15 is 0 Å². The first-order chi connectivity index (χ1) is 8.69. The SMILES string of the molecule is NC(=O)C1CC1.O=C(O)C(F)(F)F.O=C(O)C(F)(F)F. The number of hydrogen-bond donors (Lipinski definition) is 3. The van der Waals surface area contributed by atoms with Crippen LogP contribution < -0.4 is 5.73 Å². The Labute approximate surface area is 107 Å². The fourth-order valence-corrected chi connectivity index (χ4v) is 0.368. The molecule has 1 fully saturated rings. The molecule has 1 aliphatic carbocycles. The molecule has 12 heteroatoms. The van der Waals surface area contributed by atoms with E-state index in [1.807, 2.05) is 0 Å². The average Bonchev–Trinajstić information content (AvgIpc) is 2.98. The summed E-state index contributed by atoms with van der Waals surface area (Å²) >= 11 is 0. The number of rotatable bonds is 1. The van der Waals surface area contributed by atoms with Gasteiger partial charge in [0, 0.05) is 5.92 Å². The van der Waals surface area contributed by atoms with Crippen LogP contribution >= 0.6 is 0 Å². The second-order valence-corrected chi connectivity index (χ2v) is 3.28. The van der Waals surface area contributed by atoms with Crippen LogP contribution in [0.1, 0.15) is 12.8 Å². The lowest BCUT2D eigenvalue weighted by Crippen LogP contribution is -2.21. The monoisotopic (exact) mass is 313 g/mol. The predicted molar refractivity (Wildman–Crippen MR) is 49.3 cm³/mol. The van der Waals surface area contributed by atoms with E-state index in [9.17, 15) is 31.1 Å². The van der Waals surface area contributed by atoms with Gasteiger partial charge >= 0.3 is 24.3 Å². The maximum Gasteiger partial charge on any atom is 0.490 e. The molecule has 4 N–H and O–H groups in total. The molecule has 0 spiro atoms. The first-order valence-corrected chi connectivity index (χ1v) is 4.59. The summed E-state index contributed by atoms with van der Waals surface area (Å²) < 4.78 is 63.5. The summed E-state index contributed by atoms with van der Waals surface area (Å²) in [5.74, 6) is -5.40. The summed E-state index contributed by atoms with van der Waals surface area (Å²) in [5, 5.41) is 14.2. The van der Waals surface area contributed by atoms with Crippen LogP contribution in [0.2, 0.25) is 0 Å². The molecule has 0 unspecified atom stereocenters. The van der Waals surface area contributed by atoms with Crippen LogP contribution in [-0.4, -0.2) is 40.4 Å². The third-order valence-electron chi connectivity index (χ3n) is 1.46. The number of hydrogen-bond acceptors (Lipinski definition) is 3. The lowest BCUT2D eigenvalue weighted by atomic mass is 10.4. The van der Waals surface area contributed by atoms with Crippen molar-refractivity contribution in [3.8, 4) is 0 Å².